The lowest BCUT2D eigenvalue weighted by Gasteiger charge is -2.19. The minimum Gasteiger partial charge on any atom is -0.497 e. The molecule has 0 aliphatic carbocycles. The number of amides is 1. The topological polar surface area (TPSA) is 47.6 Å². The van der Waals surface area contributed by atoms with Gasteiger partial charge < -0.3 is 14.8 Å². The second kappa shape index (κ2) is 7.68. The molecule has 0 saturated heterocycles. The summed E-state index contributed by atoms with van der Waals surface area (Å²) in [5, 5.41) is 2.97. The van der Waals surface area contributed by atoms with Crippen molar-refractivity contribution in [1.82, 2.24) is 5.32 Å². The zero-order valence-electron chi connectivity index (χ0n) is 14.0. The summed E-state index contributed by atoms with van der Waals surface area (Å²) in [4.78, 5) is 12.3. The van der Waals surface area contributed by atoms with Crippen LogP contribution < -0.4 is 14.8 Å². The number of carbonyl (C=O) groups is 1. The highest BCUT2D eigenvalue weighted by molar-refractivity contribution is 5.81. The molecule has 0 aromatic heterocycles. The van der Waals surface area contributed by atoms with Crippen molar-refractivity contribution in [3.8, 4) is 11.5 Å². The second-order valence-corrected chi connectivity index (χ2v) is 5.58. The van der Waals surface area contributed by atoms with Gasteiger partial charge in [0.05, 0.1) is 13.2 Å². The van der Waals surface area contributed by atoms with Gasteiger partial charge in [-0.15, -0.1) is 0 Å². The van der Waals surface area contributed by atoms with Crippen molar-refractivity contribution in [3.05, 3.63) is 59.7 Å². The van der Waals surface area contributed by atoms with E-state index in [0.717, 1.165) is 5.56 Å². The van der Waals surface area contributed by atoms with E-state index >= 15 is 0 Å². The van der Waals surface area contributed by atoms with Crippen LogP contribution in [0, 0.1) is 6.92 Å². The van der Waals surface area contributed by atoms with Crippen LogP contribution in [0.3, 0.4) is 0 Å². The summed E-state index contributed by atoms with van der Waals surface area (Å²) in [7, 11) is 1.60. The lowest BCUT2D eigenvalue weighted by Crippen LogP contribution is -2.37. The molecular weight excluding hydrogens is 290 g/mol. The molecule has 0 saturated carbocycles. The van der Waals surface area contributed by atoms with E-state index in [1.54, 1.807) is 26.2 Å². The molecule has 4 nitrogen and oxygen atoms in total. The lowest BCUT2D eigenvalue weighted by molar-refractivity contribution is -0.127. The Balaban J connectivity index is 1.95. The Hall–Kier alpha value is -2.49. The molecular formula is C19H23NO3. The van der Waals surface area contributed by atoms with Crippen LogP contribution in [0.15, 0.2) is 48.5 Å². The molecule has 0 fully saturated rings. The van der Waals surface area contributed by atoms with Crippen molar-refractivity contribution in [1.29, 1.82) is 0 Å². The molecule has 0 aliphatic rings. The van der Waals surface area contributed by atoms with Crippen LogP contribution in [0.4, 0.5) is 0 Å². The summed E-state index contributed by atoms with van der Waals surface area (Å²) in [5.41, 5.74) is 2.26. The SMILES string of the molecule is COc1cccc(O[C@H](C)C(=O)N[C@@H](C)c2ccc(C)cc2)c1. The maximum atomic E-state index is 12.3. The summed E-state index contributed by atoms with van der Waals surface area (Å²) in [6.07, 6.45) is -0.588. The minimum absolute atomic E-state index is 0.0699. The largest absolute Gasteiger partial charge is 0.497 e. The minimum atomic E-state index is -0.588. The van der Waals surface area contributed by atoms with E-state index in [2.05, 4.69) is 5.32 Å². The third-order valence-electron chi connectivity index (χ3n) is 3.66. The van der Waals surface area contributed by atoms with Crippen molar-refractivity contribution in [3.63, 3.8) is 0 Å². The summed E-state index contributed by atoms with van der Waals surface area (Å²) < 4.78 is 10.8. The molecule has 2 rings (SSSR count). The van der Waals surface area contributed by atoms with Crippen molar-refractivity contribution >= 4 is 5.91 Å². The average molecular weight is 313 g/mol. The fourth-order valence-corrected chi connectivity index (χ4v) is 2.20. The fourth-order valence-electron chi connectivity index (χ4n) is 2.20. The Kier molecular flexibility index (Phi) is 5.63. The third-order valence-corrected chi connectivity index (χ3v) is 3.66. The average Bonchev–Trinajstić information content (AvgIpc) is 2.55. The summed E-state index contributed by atoms with van der Waals surface area (Å²) in [6, 6.07) is 15.3. The number of ether oxygens (including phenoxy) is 2. The highest BCUT2D eigenvalue weighted by Crippen LogP contribution is 2.20. The first-order valence-electron chi connectivity index (χ1n) is 7.67. The summed E-state index contributed by atoms with van der Waals surface area (Å²) >= 11 is 0. The predicted molar refractivity (Wildman–Crippen MR) is 90.8 cm³/mol. The van der Waals surface area contributed by atoms with Crippen LogP contribution in [0.5, 0.6) is 11.5 Å². The Labute approximate surface area is 137 Å². The summed E-state index contributed by atoms with van der Waals surface area (Å²) in [6.45, 7) is 5.73. The fraction of sp³-hybridized carbons (Fsp3) is 0.316. The van der Waals surface area contributed by atoms with Crippen molar-refractivity contribution in [2.75, 3.05) is 7.11 Å². The monoisotopic (exact) mass is 313 g/mol. The molecule has 4 heteroatoms. The lowest BCUT2D eigenvalue weighted by atomic mass is 10.1. The van der Waals surface area contributed by atoms with Crippen LogP contribution in [0.2, 0.25) is 0 Å². The zero-order chi connectivity index (χ0) is 16.8. The number of methoxy groups -OCH3 is 1. The van der Waals surface area contributed by atoms with Gasteiger partial charge in [0.25, 0.3) is 5.91 Å². The zero-order valence-corrected chi connectivity index (χ0v) is 14.0. The molecule has 1 amide bonds. The molecule has 1 N–H and O–H groups in total. The van der Waals surface area contributed by atoms with Gasteiger partial charge in [-0.3, -0.25) is 4.79 Å². The van der Waals surface area contributed by atoms with Gasteiger partial charge in [0, 0.05) is 6.07 Å². The number of carbonyl (C=O) groups excluding carboxylic acids is 1. The van der Waals surface area contributed by atoms with Gasteiger partial charge in [-0.2, -0.15) is 0 Å². The van der Waals surface area contributed by atoms with E-state index in [9.17, 15) is 4.79 Å². The maximum absolute atomic E-state index is 12.3. The highest BCUT2D eigenvalue weighted by Gasteiger charge is 2.17. The van der Waals surface area contributed by atoms with Crippen LogP contribution >= 0.6 is 0 Å². The van der Waals surface area contributed by atoms with E-state index in [4.69, 9.17) is 9.47 Å². The van der Waals surface area contributed by atoms with Gasteiger partial charge in [0.1, 0.15) is 11.5 Å². The number of aryl methyl sites for hydroxylation is 1. The molecule has 23 heavy (non-hydrogen) atoms. The molecule has 2 atom stereocenters. The van der Waals surface area contributed by atoms with Crippen molar-refractivity contribution in [2.24, 2.45) is 0 Å². The van der Waals surface area contributed by atoms with E-state index in [0.29, 0.717) is 11.5 Å². The quantitative estimate of drug-likeness (QED) is 0.885. The van der Waals surface area contributed by atoms with Crippen LogP contribution in [-0.4, -0.2) is 19.1 Å². The smallest absolute Gasteiger partial charge is 0.261 e. The van der Waals surface area contributed by atoms with Gasteiger partial charge >= 0.3 is 0 Å². The molecule has 2 aromatic carbocycles. The normalized spacial score (nSPS) is 13.0. The Bertz CT molecular complexity index is 652. The molecule has 0 heterocycles. The van der Waals surface area contributed by atoms with Gasteiger partial charge in [-0.05, 0) is 38.5 Å². The Morgan fingerprint density at radius 3 is 2.35 bits per heavy atom. The van der Waals surface area contributed by atoms with Crippen LogP contribution in [0.25, 0.3) is 0 Å². The number of benzene rings is 2. The van der Waals surface area contributed by atoms with E-state index in [1.807, 2.05) is 50.2 Å². The summed E-state index contributed by atoms with van der Waals surface area (Å²) in [5.74, 6) is 1.15. The van der Waals surface area contributed by atoms with Crippen LogP contribution in [-0.2, 0) is 4.79 Å². The number of hydrogen-bond donors (Lipinski definition) is 1. The first kappa shape index (κ1) is 16.9. The first-order valence-corrected chi connectivity index (χ1v) is 7.67. The second-order valence-electron chi connectivity index (χ2n) is 5.58. The van der Waals surface area contributed by atoms with Gasteiger partial charge in [-0.1, -0.05) is 35.9 Å². The van der Waals surface area contributed by atoms with Crippen molar-refractivity contribution in [2.45, 2.75) is 32.9 Å². The number of hydrogen-bond acceptors (Lipinski definition) is 3. The maximum Gasteiger partial charge on any atom is 0.261 e. The molecule has 122 valence electrons. The van der Waals surface area contributed by atoms with Gasteiger partial charge in [-0.25, -0.2) is 0 Å². The predicted octanol–water partition coefficient (Wildman–Crippen LogP) is 3.65. The molecule has 2 aromatic rings. The molecule has 0 radical (unpaired) electrons. The Morgan fingerprint density at radius 2 is 1.70 bits per heavy atom. The van der Waals surface area contributed by atoms with Gasteiger partial charge in [0.15, 0.2) is 6.10 Å². The molecule has 0 unspecified atom stereocenters. The van der Waals surface area contributed by atoms with Gasteiger partial charge in [0.2, 0.25) is 0 Å². The van der Waals surface area contributed by atoms with Crippen LogP contribution in [0.1, 0.15) is 31.0 Å². The van der Waals surface area contributed by atoms with E-state index in [1.165, 1.54) is 5.56 Å². The van der Waals surface area contributed by atoms with E-state index < -0.39 is 6.10 Å². The van der Waals surface area contributed by atoms with E-state index in [-0.39, 0.29) is 11.9 Å². The van der Waals surface area contributed by atoms with Crippen molar-refractivity contribution < 1.29 is 14.3 Å². The number of rotatable bonds is 6. The first-order chi connectivity index (χ1) is 11.0. The molecule has 0 spiro atoms. The molecule has 0 bridgehead atoms. The highest BCUT2D eigenvalue weighted by atomic mass is 16.5. The third kappa shape index (κ3) is 4.74. The Morgan fingerprint density at radius 1 is 1.04 bits per heavy atom. The standard InChI is InChI=1S/C19H23NO3/c1-13-8-10-16(11-9-13)14(2)20-19(21)15(3)23-18-7-5-6-17(12-18)22-4/h5-12,14-15H,1-4H3,(H,20,21)/t14-,15+/m0/s1. The number of nitrogens with one attached hydrogen (secondary N) is 1. The molecule has 0 aliphatic heterocycles.